The van der Waals surface area contributed by atoms with E-state index < -0.39 is 7.92 Å². The van der Waals surface area contributed by atoms with Crippen LogP contribution in [0.25, 0.3) is 0 Å². The van der Waals surface area contributed by atoms with Crippen molar-refractivity contribution < 1.29 is 4.79 Å². The summed E-state index contributed by atoms with van der Waals surface area (Å²) >= 11 is 0. The molecule has 0 spiro atoms. The predicted molar refractivity (Wildman–Crippen MR) is 161 cm³/mol. The number of unbranched alkanes of at least 4 members (excludes halogenated alkanes) is 15. The number of benzene rings is 2. The lowest BCUT2D eigenvalue weighted by atomic mass is 10.0. The Kier molecular flexibility index (Phi) is 18.2. The van der Waals surface area contributed by atoms with Crippen LogP contribution in [0.5, 0.6) is 0 Å². The Labute approximate surface area is 223 Å². The van der Waals surface area contributed by atoms with Crippen LogP contribution in [0.15, 0.2) is 60.7 Å². The largest absolute Gasteiger partial charge is 0.356 e. The van der Waals surface area contributed by atoms with E-state index in [1.807, 2.05) is 0 Å². The van der Waals surface area contributed by atoms with Gasteiger partial charge < -0.3 is 5.32 Å². The minimum Gasteiger partial charge on any atom is -0.356 e. The highest BCUT2D eigenvalue weighted by molar-refractivity contribution is 7.73. The van der Waals surface area contributed by atoms with Gasteiger partial charge in [-0.05, 0) is 31.1 Å². The molecule has 0 heterocycles. The van der Waals surface area contributed by atoms with Gasteiger partial charge in [0.05, 0.1) is 0 Å². The van der Waals surface area contributed by atoms with Crippen molar-refractivity contribution in [3.63, 3.8) is 0 Å². The summed E-state index contributed by atoms with van der Waals surface area (Å²) in [4.78, 5) is 12.5. The van der Waals surface area contributed by atoms with Crippen molar-refractivity contribution in [3.8, 4) is 0 Å². The van der Waals surface area contributed by atoms with E-state index in [2.05, 4.69) is 72.9 Å². The summed E-state index contributed by atoms with van der Waals surface area (Å²) in [5.74, 6) is 0.204. The van der Waals surface area contributed by atoms with Crippen LogP contribution in [0.2, 0.25) is 0 Å². The molecule has 0 fully saturated rings. The first-order valence-corrected chi connectivity index (χ1v) is 16.5. The fourth-order valence-electron chi connectivity index (χ4n) is 4.83. The fraction of sp³-hybridized carbons (Fsp3) is 0.606. The lowest BCUT2D eigenvalue weighted by Gasteiger charge is -2.18. The van der Waals surface area contributed by atoms with Crippen molar-refractivity contribution in [1.82, 2.24) is 5.32 Å². The smallest absolute Gasteiger partial charge is 0.220 e. The van der Waals surface area contributed by atoms with E-state index in [9.17, 15) is 4.79 Å². The van der Waals surface area contributed by atoms with Crippen LogP contribution in [-0.4, -0.2) is 18.6 Å². The zero-order valence-electron chi connectivity index (χ0n) is 23.1. The molecule has 3 heteroatoms. The Morgan fingerprint density at radius 2 is 0.972 bits per heavy atom. The van der Waals surface area contributed by atoms with Crippen LogP contribution in [-0.2, 0) is 4.79 Å². The molecule has 0 saturated carbocycles. The summed E-state index contributed by atoms with van der Waals surface area (Å²) in [7, 11) is -0.484. The molecule has 0 aliphatic heterocycles. The lowest BCUT2D eigenvalue weighted by molar-refractivity contribution is -0.120. The van der Waals surface area contributed by atoms with Crippen molar-refractivity contribution >= 4 is 24.4 Å². The molecular formula is C33H52NOP. The normalized spacial score (nSPS) is 11.2. The molecule has 0 atom stereocenters. The second-order valence-corrected chi connectivity index (χ2v) is 12.6. The molecule has 0 aliphatic rings. The average molecular weight is 510 g/mol. The number of carbonyl (C=O) groups is 1. The molecule has 0 unspecified atom stereocenters. The molecule has 0 radical (unpaired) electrons. The monoisotopic (exact) mass is 509 g/mol. The maximum Gasteiger partial charge on any atom is 0.220 e. The average Bonchev–Trinajstić information content (AvgIpc) is 2.92. The molecule has 0 aliphatic carbocycles. The van der Waals surface area contributed by atoms with E-state index in [4.69, 9.17) is 0 Å². The summed E-state index contributed by atoms with van der Waals surface area (Å²) in [6.45, 7) is 3.11. The predicted octanol–water partition coefficient (Wildman–Crippen LogP) is 8.89. The summed E-state index contributed by atoms with van der Waals surface area (Å²) in [5.41, 5.74) is 0. The molecule has 36 heavy (non-hydrogen) atoms. The Bertz CT molecular complexity index is 724. The van der Waals surface area contributed by atoms with Crippen LogP contribution < -0.4 is 15.9 Å². The number of amides is 1. The highest BCUT2D eigenvalue weighted by Gasteiger charge is 2.15. The molecule has 2 rings (SSSR count). The minimum absolute atomic E-state index is 0.204. The van der Waals surface area contributed by atoms with Crippen molar-refractivity contribution in [2.45, 2.75) is 116 Å². The first-order chi connectivity index (χ1) is 17.8. The van der Waals surface area contributed by atoms with Crippen molar-refractivity contribution in [1.29, 1.82) is 0 Å². The van der Waals surface area contributed by atoms with Crippen LogP contribution in [0.3, 0.4) is 0 Å². The first kappa shape index (κ1) is 30.6. The van der Waals surface area contributed by atoms with E-state index >= 15 is 0 Å². The third-order valence-corrected chi connectivity index (χ3v) is 9.56. The second-order valence-electron chi connectivity index (χ2n) is 10.2. The van der Waals surface area contributed by atoms with Gasteiger partial charge in [0.15, 0.2) is 0 Å². The molecule has 2 aromatic rings. The summed E-state index contributed by atoms with van der Waals surface area (Å²) in [6.07, 6.45) is 23.6. The maximum atomic E-state index is 12.5. The Morgan fingerprint density at radius 3 is 1.39 bits per heavy atom. The van der Waals surface area contributed by atoms with Gasteiger partial charge in [-0.25, -0.2) is 0 Å². The maximum absolute atomic E-state index is 12.5. The summed E-state index contributed by atoms with van der Waals surface area (Å²) < 4.78 is 0. The Hall–Kier alpha value is -1.66. The van der Waals surface area contributed by atoms with Gasteiger partial charge in [0.2, 0.25) is 5.91 Å². The van der Waals surface area contributed by atoms with E-state index in [0.717, 1.165) is 19.1 Å². The Morgan fingerprint density at radius 1 is 0.583 bits per heavy atom. The summed E-state index contributed by atoms with van der Waals surface area (Å²) in [6, 6.07) is 21.3. The second kappa shape index (κ2) is 21.4. The molecule has 0 bridgehead atoms. The molecule has 200 valence electrons. The molecule has 0 saturated heterocycles. The highest BCUT2D eigenvalue weighted by atomic mass is 31.1. The van der Waals surface area contributed by atoms with Crippen LogP contribution >= 0.6 is 7.92 Å². The van der Waals surface area contributed by atoms with Gasteiger partial charge in [0, 0.05) is 13.0 Å². The van der Waals surface area contributed by atoms with E-state index in [1.54, 1.807) is 0 Å². The third kappa shape index (κ3) is 14.8. The summed E-state index contributed by atoms with van der Waals surface area (Å²) in [5, 5.41) is 5.86. The lowest BCUT2D eigenvalue weighted by Crippen LogP contribution is -2.26. The van der Waals surface area contributed by atoms with Crippen LogP contribution in [0.4, 0.5) is 0 Å². The molecule has 1 N–H and O–H groups in total. The van der Waals surface area contributed by atoms with Gasteiger partial charge in [0.1, 0.15) is 0 Å². The van der Waals surface area contributed by atoms with E-state index in [0.29, 0.717) is 6.42 Å². The number of carbonyl (C=O) groups excluding carboxylic acids is 1. The molecule has 1 amide bonds. The SMILES string of the molecule is CCCCCCCCCCCCCCCCCCNC(=O)CCP(c1ccccc1)c1ccccc1. The van der Waals surface area contributed by atoms with Gasteiger partial charge in [-0.15, -0.1) is 0 Å². The van der Waals surface area contributed by atoms with Crippen molar-refractivity contribution in [3.05, 3.63) is 60.7 Å². The quantitative estimate of drug-likeness (QED) is 0.125. The van der Waals surface area contributed by atoms with Gasteiger partial charge in [-0.1, -0.05) is 164 Å². The number of hydrogen-bond donors (Lipinski definition) is 1. The zero-order chi connectivity index (χ0) is 25.5. The van der Waals surface area contributed by atoms with Gasteiger partial charge in [-0.2, -0.15) is 0 Å². The zero-order valence-corrected chi connectivity index (χ0v) is 24.0. The highest BCUT2D eigenvalue weighted by Crippen LogP contribution is 2.34. The van der Waals surface area contributed by atoms with E-state index in [1.165, 1.54) is 107 Å². The number of rotatable bonds is 22. The molecule has 0 aromatic heterocycles. The van der Waals surface area contributed by atoms with Gasteiger partial charge >= 0.3 is 0 Å². The molecule has 2 aromatic carbocycles. The topological polar surface area (TPSA) is 29.1 Å². The van der Waals surface area contributed by atoms with Crippen LogP contribution in [0, 0.1) is 0 Å². The first-order valence-electron chi connectivity index (χ1n) is 15.0. The van der Waals surface area contributed by atoms with Crippen LogP contribution in [0.1, 0.15) is 116 Å². The Balaban J connectivity index is 1.43. The standard InChI is InChI=1S/C33H52NOP/c1-2-3-4-5-6-7-8-9-10-11-12-13-14-15-16-23-29-34-33(35)28-30-36(31-24-19-17-20-25-31)32-26-21-18-22-27-32/h17-22,24-27H,2-16,23,28-30H2,1H3,(H,34,35). The van der Waals surface area contributed by atoms with Gasteiger partial charge in [-0.3, -0.25) is 4.79 Å². The molecular weight excluding hydrogens is 457 g/mol. The minimum atomic E-state index is -0.484. The fourth-order valence-corrected chi connectivity index (χ4v) is 7.13. The third-order valence-electron chi connectivity index (χ3n) is 7.05. The molecule has 2 nitrogen and oxygen atoms in total. The van der Waals surface area contributed by atoms with E-state index in [-0.39, 0.29) is 5.91 Å². The van der Waals surface area contributed by atoms with Crippen molar-refractivity contribution in [2.24, 2.45) is 0 Å². The van der Waals surface area contributed by atoms with Crippen molar-refractivity contribution in [2.75, 3.05) is 12.7 Å². The van der Waals surface area contributed by atoms with Gasteiger partial charge in [0.25, 0.3) is 0 Å². The number of nitrogens with one attached hydrogen (secondary N) is 1. The number of hydrogen-bond acceptors (Lipinski definition) is 1.